The van der Waals surface area contributed by atoms with E-state index in [0.717, 1.165) is 18.8 Å². The molecule has 0 unspecified atom stereocenters. The van der Waals surface area contributed by atoms with Crippen LogP contribution in [0.5, 0.6) is 0 Å². The molecule has 1 amide bonds. The van der Waals surface area contributed by atoms with Gasteiger partial charge in [0.25, 0.3) is 11.6 Å². The first kappa shape index (κ1) is 20.3. The van der Waals surface area contributed by atoms with Crippen molar-refractivity contribution in [3.63, 3.8) is 0 Å². The highest BCUT2D eigenvalue weighted by atomic mass is 16.6. The molecule has 0 atom stereocenters. The third kappa shape index (κ3) is 6.01. The Morgan fingerprint density at radius 2 is 1.72 bits per heavy atom. The summed E-state index contributed by atoms with van der Waals surface area (Å²) in [7, 11) is 0. The number of benzene rings is 2. The molecule has 0 spiro atoms. The van der Waals surface area contributed by atoms with Gasteiger partial charge in [0.1, 0.15) is 0 Å². The van der Waals surface area contributed by atoms with E-state index >= 15 is 0 Å². The summed E-state index contributed by atoms with van der Waals surface area (Å²) in [5.41, 5.74) is 2.18. The van der Waals surface area contributed by atoms with Crippen molar-refractivity contribution < 1.29 is 24.0 Å². The monoisotopic (exact) mass is 399 g/mol. The fourth-order valence-corrected chi connectivity index (χ4v) is 2.87. The maximum Gasteiger partial charge on any atom is 0.310 e. The molecule has 29 heavy (non-hydrogen) atoms. The van der Waals surface area contributed by atoms with Crippen molar-refractivity contribution in [3.05, 3.63) is 64.2 Å². The highest BCUT2D eigenvalue weighted by Gasteiger charge is 2.13. The molecular formula is C20H21N3O6. The zero-order chi connectivity index (χ0) is 20.6. The summed E-state index contributed by atoms with van der Waals surface area (Å²) in [6, 6.07) is 13.0. The van der Waals surface area contributed by atoms with E-state index in [1.54, 1.807) is 12.1 Å². The van der Waals surface area contributed by atoms with Crippen LogP contribution in [0.15, 0.2) is 48.5 Å². The molecule has 9 nitrogen and oxygen atoms in total. The first-order valence-corrected chi connectivity index (χ1v) is 9.13. The molecular weight excluding hydrogens is 378 g/mol. The van der Waals surface area contributed by atoms with Gasteiger partial charge in [0.15, 0.2) is 6.61 Å². The van der Waals surface area contributed by atoms with E-state index in [9.17, 15) is 19.7 Å². The molecule has 1 heterocycles. The number of rotatable bonds is 7. The summed E-state index contributed by atoms with van der Waals surface area (Å²) in [5, 5.41) is 13.3. The molecule has 0 aliphatic carbocycles. The fraction of sp³-hybridized carbons (Fsp3) is 0.300. The minimum absolute atomic E-state index is 0.0545. The second kappa shape index (κ2) is 9.65. The molecule has 1 saturated heterocycles. The largest absolute Gasteiger partial charge is 0.455 e. The normalized spacial score (nSPS) is 13.6. The number of carbonyl (C=O) groups excluding carboxylic acids is 2. The Labute approximate surface area is 167 Å². The number of carbonyl (C=O) groups is 2. The number of anilines is 2. The zero-order valence-corrected chi connectivity index (χ0v) is 15.7. The summed E-state index contributed by atoms with van der Waals surface area (Å²) >= 11 is 0. The molecule has 0 radical (unpaired) electrons. The van der Waals surface area contributed by atoms with Gasteiger partial charge >= 0.3 is 5.97 Å². The summed E-state index contributed by atoms with van der Waals surface area (Å²) in [6.07, 6.45) is -0.0699. The van der Waals surface area contributed by atoms with E-state index in [-0.39, 0.29) is 12.1 Å². The van der Waals surface area contributed by atoms with Gasteiger partial charge in [-0.15, -0.1) is 0 Å². The molecule has 152 valence electrons. The predicted octanol–water partition coefficient (Wildman–Crippen LogP) is 2.16. The van der Waals surface area contributed by atoms with Gasteiger partial charge in [0.2, 0.25) is 0 Å². The molecule has 2 aromatic carbocycles. The van der Waals surface area contributed by atoms with E-state index in [4.69, 9.17) is 9.47 Å². The highest BCUT2D eigenvalue weighted by molar-refractivity contribution is 5.93. The topological polar surface area (TPSA) is 111 Å². The van der Waals surface area contributed by atoms with Gasteiger partial charge in [-0.2, -0.15) is 0 Å². The van der Waals surface area contributed by atoms with Crippen molar-refractivity contribution in [2.24, 2.45) is 0 Å². The SMILES string of the molecule is O=C(COC(=O)Cc1ccc([N+](=O)[O-])cc1)Nc1ccc(N2CCOCC2)cc1. The van der Waals surface area contributed by atoms with Crippen molar-refractivity contribution >= 4 is 28.9 Å². The molecule has 0 saturated carbocycles. The lowest BCUT2D eigenvalue weighted by Crippen LogP contribution is -2.36. The lowest BCUT2D eigenvalue weighted by molar-refractivity contribution is -0.384. The second-order valence-electron chi connectivity index (χ2n) is 6.46. The van der Waals surface area contributed by atoms with E-state index in [1.807, 2.05) is 12.1 Å². The van der Waals surface area contributed by atoms with Gasteiger partial charge in [-0.25, -0.2) is 0 Å². The van der Waals surface area contributed by atoms with Gasteiger partial charge in [0.05, 0.1) is 24.6 Å². The van der Waals surface area contributed by atoms with Crippen molar-refractivity contribution in [3.8, 4) is 0 Å². The average molecular weight is 399 g/mol. The number of nitrogens with one attached hydrogen (secondary N) is 1. The van der Waals surface area contributed by atoms with Crippen LogP contribution in [0.4, 0.5) is 17.1 Å². The number of amides is 1. The number of ether oxygens (including phenoxy) is 2. The molecule has 9 heteroatoms. The van der Waals surface area contributed by atoms with Crippen LogP contribution >= 0.6 is 0 Å². The maximum absolute atomic E-state index is 12.0. The summed E-state index contributed by atoms with van der Waals surface area (Å²) < 4.78 is 10.3. The molecule has 2 aromatic rings. The van der Waals surface area contributed by atoms with Crippen LogP contribution in [-0.4, -0.2) is 49.7 Å². The summed E-state index contributed by atoms with van der Waals surface area (Å²) in [5.74, 6) is -1.03. The number of nitro groups is 1. The second-order valence-corrected chi connectivity index (χ2v) is 6.46. The van der Waals surface area contributed by atoms with E-state index in [1.165, 1.54) is 24.3 Å². The highest BCUT2D eigenvalue weighted by Crippen LogP contribution is 2.19. The quantitative estimate of drug-likeness (QED) is 0.431. The maximum atomic E-state index is 12.0. The Morgan fingerprint density at radius 3 is 2.34 bits per heavy atom. The zero-order valence-electron chi connectivity index (χ0n) is 15.7. The molecule has 1 fully saturated rings. The van der Waals surface area contributed by atoms with Crippen LogP contribution in [0, 0.1) is 10.1 Å². The smallest absolute Gasteiger partial charge is 0.310 e. The fourth-order valence-electron chi connectivity index (χ4n) is 2.87. The third-order valence-electron chi connectivity index (χ3n) is 4.39. The van der Waals surface area contributed by atoms with Gasteiger partial charge < -0.3 is 19.7 Å². The molecule has 0 aromatic heterocycles. The summed E-state index contributed by atoms with van der Waals surface area (Å²) in [6.45, 7) is 2.65. The van der Waals surface area contributed by atoms with E-state index in [0.29, 0.717) is 24.5 Å². The van der Waals surface area contributed by atoms with Gasteiger partial charge in [-0.1, -0.05) is 12.1 Å². The Balaban J connectivity index is 1.43. The minimum Gasteiger partial charge on any atom is -0.455 e. The average Bonchev–Trinajstić information content (AvgIpc) is 2.74. The van der Waals surface area contributed by atoms with Crippen molar-refractivity contribution in [2.75, 3.05) is 43.1 Å². The number of hydrogen-bond acceptors (Lipinski definition) is 7. The van der Waals surface area contributed by atoms with Crippen molar-refractivity contribution in [1.29, 1.82) is 0 Å². The minimum atomic E-state index is -0.586. The lowest BCUT2D eigenvalue weighted by atomic mass is 10.1. The third-order valence-corrected chi connectivity index (χ3v) is 4.39. The summed E-state index contributed by atoms with van der Waals surface area (Å²) in [4.78, 5) is 36.2. The Bertz CT molecular complexity index is 861. The molecule has 1 N–H and O–H groups in total. The predicted molar refractivity (Wildman–Crippen MR) is 106 cm³/mol. The van der Waals surface area contributed by atoms with E-state index < -0.39 is 23.4 Å². The van der Waals surface area contributed by atoms with Crippen LogP contribution in [0.2, 0.25) is 0 Å². The van der Waals surface area contributed by atoms with E-state index in [2.05, 4.69) is 10.2 Å². The van der Waals surface area contributed by atoms with Crippen molar-refractivity contribution in [1.82, 2.24) is 0 Å². The van der Waals surface area contributed by atoms with Gasteiger partial charge in [0, 0.05) is 36.6 Å². The number of nitrogens with zero attached hydrogens (tertiary/aromatic N) is 2. The number of morpholine rings is 1. The van der Waals surface area contributed by atoms with Crippen LogP contribution in [0.3, 0.4) is 0 Å². The first-order chi connectivity index (χ1) is 14.0. The van der Waals surface area contributed by atoms with Crippen LogP contribution < -0.4 is 10.2 Å². The molecule has 1 aliphatic heterocycles. The van der Waals surface area contributed by atoms with Crippen LogP contribution in [-0.2, 0) is 25.5 Å². The molecule has 1 aliphatic rings. The number of non-ortho nitro benzene ring substituents is 1. The molecule has 0 bridgehead atoms. The van der Waals surface area contributed by atoms with Crippen molar-refractivity contribution in [2.45, 2.75) is 6.42 Å². The van der Waals surface area contributed by atoms with Crippen LogP contribution in [0.1, 0.15) is 5.56 Å². The lowest BCUT2D eigenvalue weighted by Gasteiger charge is -2.28. The molecule has 3 rings (SSSR count). The Morgan fingerprint density at radius 1 is 1.07 bits per heavy atom. The number of nitro benzene ring substituents is 1. The van der Waals surface area contributed by atoms with Gasteiger partial charge in [-0.05, 0) is 29.8 Å². The standard InChI is InChI=1S/C20H21N3O6/c24-19(14-29-20(25)13-15-1-5-18(6-2-15)23(26)27)21-16-3-7-17(8-4-16)22-9-11-28-12-10-22/h1-8H,9-14H2,(H,21,24). The van der Waals surface area contributed by atoms with Crippen LogP contribution in [0.25, 0.3) is 0 Å². The first-order valence-electron chi connectivity index (χ1n) is 9.13. The number of hydrogen-bond donors (Lipinski definition) is 1. The van der Waals surface area contributed by atoms with Gasteiger partial charge in [-0.3, -0.25) is 19.7 Å². The Kier molecular flexibility index (Phi) is 6.75. The number of esters is 1. The Hall–Kier alpha value is -3.46.